The van der Waals surface area contributed by atoms with E-state index in [0.29, 0.717) is 18.7 Å². The molecule has 0 heterocycles. The molecule has 0 fully saturated rings. The summed E-state index contributed by atoms with van der Waals surface area (Å²) in [7, 11) is -3.76. The van der Waals surface area contributed by atoms with Crippen LogP contribution in [-0.4, -0.2) is 37.8 Å². The normalized spacial score (nSPS) is 12.7. The van der Waals surface area contributed by atoms with E-state index in [4.69, 9.17) is 5.11 Å². The zero-order chi connectivity index (χ0) is 22.5. The number of benzene rings is 2. The fourth-order valence-electron chi connectivity index (χ4n) is 3.45. The number of nitrogens with zero attached hydrogens (tertiary/aromatic N) is 1. The van der Waals surface area contributed by atoms with Crippen LogP contribution in [0, 0.1) is 25.7 Å². The van der Waals surface area contributed by atoms with E-state index in [1.165, 1.54) is 4.31 Å². The van der Waals surface area contributed by atoms with Gasteiger partial charge in [0.05, 0.1) is 17.0 Å². The van der Waals surface area contributed by atoms with E-state index in [0.717, 1.165) is 16.7 Å². The van der Waals surface area contributed by atoms with Gasteiger partial charge in [0, 0.05) is 13.2 Å². The quantitative estimate of drug-likeness (QED) is 0.595. The van der Waals surface area contributed by atoms with Gasteiger partial charge in [-0.3, -0.25) is 9.10 Å². The third kappa shape index (κ3) is 6.06. The van der Waals surface area contributed by atoms with Gasteiger partial charge in [-0.1, -0.05) is 43.7 Å². The summed E-state index contributed by atoms with van der Waals surface area (Å²) in [4.78, 5) is 11.1. The van der Waals surface area contributed by atoms with Crippen LogP contribution in [0.5, 0.6) is 0 Å². The Bertz CT molecular complexity index is 968. The molecule has 2 rings (SSSR count). The van der Waals surface area contributed by atoms with Crippen molar-refractivity contribution < 1.29 is 23.4 Å². The Morgan fingerprint density at radius 1 is 1.07 bits per heavy atom. The van der Waals surface area contributed by atoms with Crippen LogP contribution in [0.3, 0.4) is 0 Å². The highest BCUT2D eigenvalue weighted by atomic mass is 32.2. The highest BCUT2D eigenvalue weighted by molar-refractivity contribution is 7.92. The summed E-state index contributed by atoms with van der Waals surface area (Å²) in [6, 6.07) is 12.2. The molecule has 0 saturated heterocycles. The monoisotopic (exact) mass is 433 g/mol. The van der Waals surface area contributed by atoms with E-state index in [9.17, 15) is 18.3 Å². The van der Waals surface area contributed by atoms with Crippen molar-refractivity contribution in [1.82, 2.24) is 0 Å². The fraction of sp³-hybridized carbons (Fsp3) is 0.435. The molecule has 1 atom stereocenters. The molecule has 7 heteroatoms. The number of carbonyl (C=O) groups is 1. The molecule has 0 aromatic heterocycles. The van der Waals surface area contributed by atoms with E-state index in [1.54, 1.807) is 24.3 Å². The molecule has 0 aliphatic carbocycles. The zero-order valence-corrected chi connectivity index (χ0v) is 18.8. The Hall–Kier alpha value is -2.38. The maximum Gasteiger partial charge on any atom is 0.303 e. The highest BCUT2D eigenvalue weighted by Gasteiger charge is 2.27. The molecule has 2 aromatic carbocycles. The van der Waals surface area contributed by atoms with Gasteiger partial charge in [-0.25, -0.2) is 8.42 Å². The van der Waals surface area contributed by atoms with Gasteiger partial charge in [0.1, 0.15) is 0 Å². The third-order valence-electron chi connectivity index (χ3n) is 4.91. The number of hydrogen-bond donors (Lipinski definition) is 2. The lowest BCUT2D eigenvalue weighted by Gasteiger charge is -2.28. The minimum atomic E-state index is -3.76. The van der Waals surface area contributed by atoms with Crippen molar-refractivity contribution in [2.24, 2.45) is 11.8 Å². The van der Waals surface area contributed by atoms with Gasteiger partial charge in [0.2, 0.25) is 0 Å². The largest absolute Gasteiger partial charge is 0.481 e. The summed E-state index contributed by atoms with van der Waals surface area (Å²) in [6.07, 6.45) is 0.237. The SMILES string of the molecule is Cc1ccc(N(CC(C)C)S(=O)(=O)c2ccc(C[C@H](CO)CC(=O)O)cc2)c(C)c1. The van der Waals surface area contributed by atoms with Gasteiger partial charge in [-0.05, 0) is 61.4 Å². The van der Waals surface area contributed by atoms with Crippen LogP contribution < -0.4 is 4.31 Å². The molecule has 0 aliphatic heterocycles. The highest BCUT2D eigenvalue weighted by Crippen LogP contribution is 2.29. The maximum absolute atomic E-state index is 13.4. The van der Waals surface area contributed by atoms with E-state index in [2.05, 4.69) is 0 Å². The van der Waals surface area contributed by atoms with Gasteiger partial charge in [-0.2, -0.15) is 0 Å². The summed E-state index contributed by atoms with van der Waals surface area (Å²) in [6.45, 7) is 7.96. The molecule has 0 saturated carbocycles. The predicted octanol–water partition coefficient (Wildman–Crippen LogP) is 3.78. The number of aryl methyl sites for hydroxylation is 2. The number of sulfonamides is 1. The first kappa shape index (κ1) is 23.9. The van der Waals surface area contributed by atoms with Gasteiger partial charge in [-0.15, -0.1) is 0 Å². The Kier molecular flexibility index (Phi) is 8.03. The van der Waals surface area contributed by atoms with Crippen molar-refractivity contribution in [3.05, 3.63) is 59.2 Å². The van der Waals surface area contributed by atoms with E-state index >= 15 is 0 Å². The second-order valence-corrected chi connectivity index (χ2v) is 10.1. The molecule has 0 aliphatic rings. The lowest BCUT2D eigenvalue weighted by atomic mass is 9.97. The molecular formula is C23H31NO5S. The molecule has 0 unspecified atom stereocenters. The first-order chi connectivity index (χ1) is 14.0. The topological polar surface area (TPSA) is 94.9 Å². The van der Waals surface area contributed by atoms with Crippen molar-refractivity contribution in [3.63, 3.8) is 0 Å². The van der Waals surface area contributed by atoms with Crippen LogP contribution in [0.2, 0.25) is 0 Å². The number of carboxylic acid groups (broad SMARTS) is 1. The number of carboxylic acids is 1. The number of anilines is 1. The molecule has 0 amide bonds. The van der Waals surface area contributed by atoms with Gasteiger partial charge < -0.3 is 10.2 Å². The lowest BCUT2D eigenvalue weighted by molar-refractivity contribution is -0.138. The molecule has 30 heavy (non-hydrogen) atoms. The Balaban J connectivity index is 2.35. The average Bonchev–Trinajstić information content (AvgIpc) is 2.66. The second-order valence-electron chi connectivity index (χ2n) is 8.21. The summed E-state index contributed by atoms with van der Waals surface area (Å²) < 4.78 is 28.4. The number of rotatable bonds is 10. The summed E-state index contributed by atoms with van der Waals surface area (Å²) in [5.41, 5.74) is 3.42. The smallest absolute Gasteiger partial charge is 0.303 e. The maximum atomic E-state index is 13.4. The van der Waals surface area contributed by atoms with Crippen LogP contribution in [-0.2, 0) is 21.2 Å². The number of hydrogen-bond acceptors (Lipinski definition) is 4. The molecule has 0 bridgehead atoms. The fourth-order valence-corrected chi connectivity index (χ4v) is 5.14. The first-order valence-corrected chi connectivity index (χ1v) is 11.5. The lowest BCUT2D eigenvalue weighted by Crippen LogP contribution is -2.34. The van der Waals surface area contributed by atoms with Crippen molar-refractivity contribution in [1.29, 1.82) is 0 Å². The Labute approximate surface area is 179 Å². The van der Waals surface area contributed by atoms with E-state index in [1.807, 2.05) is 45.9 Å². The van der Waals surface area contributed by atoms with Crippen LogP contribution in [0.4, 0.5) is 5.69 Å². The van der Waals surface area contributed by atoms with E-state index < -0.39 is 21.9 Å². The average molecular weight is 434 g/mol. The molecule has 0 radical (unpaired) electrons. The minimum Gasteiger partial charge on any atom is -0.481 e. The van der Waals surface area contributed by atoms with Gasteiger partial charge >= 0.3 is 5.97 Å². The third-order valence-corrected chi connectivity index (χ3v) is 6.70. The number of aliphatic hydroxyl groups is 1. The van der Waals surface area contributed by atoms with Crippen LogP contribution in [0.25, 0.3) is 0 Å². The van der Waals surface area contributed by atoms with Crippen LogP contribution in [0.15, 0.2) is 47.4 Å². The molecule has 6 nitrogen and oxygen atoms in total. The first-order valence-electron chi connectivity index (χ1n) is 10.1. The molecule has 164 valence electrons. The van der Waals surface area contributed by atoms with Crippen LogP contribution in [0.1, 0.15) is 37.0 Å². The Morgan fingerprint density at radius 2 is 1.70 bits per heavy atom. The van der Waals surface area contributed by atoms with E-state index in [-0.39, 0.29) is 23.8 Å². The van der Waals surface area contributed by atoms with Gasteiger partial charge in [0.15, 0.2) is 0 Å². The molecular weight excluding hydrogens is 402 g/mol. The zero-order valence-electron chi connectivity index (χ0n) is 18.0. The number of aliphatic hydroxyl groups excluding tert-OH is 1. The summed E-state index contributed by atoms with van der Waals surface area (Å²) in [5.74, 6) is -1.23. The number of aliphatic carboxylic acids is 1. The molecule has 0 spiro atoms. The summed E-state index contributed by atoms with van der Waals surface area (Å²) >= 11 is 0. The van der Waals surface area contributed by atoms with Crippen LogP contribution >= 0.6 is 0 Å². The van der Waals surface area contributed by atoms with Gasteiger partial charge in [0.25, 0.3) is 10.0 Å². The molecule has 2 aromatic rings. The Morgan fingerprint density at radius 3 is 2.20 bits per heavy atom. The summed E-state index contributed by atoms with van der Waals surface area (Å²) in [5, 5.41) is 18.3. The minimum absolute atomic E-state index is 0.134. The second kappa shape index (κ2) is 10.1. The van der Waals surface area contributed by atoms with Crippen molar-refractivity contribution in [3.8, 4) is 0 Å². The predicted molar refractivity (Wildman–Crippen MR) is 118 cm³/mol. The van der Waals surface area contributed by atoms with Crippen molar-refractivity contribution in [2.75, 3.05) is 17.5 Å². The van der Waals surface area contributed by atoms with Crippen molar-refractivity contribution in [2.45, 2.75) is 45.4 Å². The van der Waals surface area contributed by atoms with Crippen molar-refractivity contribution >= 4 is 21.7 Å². The molecule has 2 N–H and O–H groups in total. The standard InChI is InChI=1S/C23H31NO5S/c1-16(2)14-24(22-10-5-17(3)11-18(22)4)30(28,29)21-8-6-19(7-9-21)12-20(15-25)13-23(26)27/h5-11,16,20,25H,12-15H2,1-4H3,(H,26,27)/t20-/m0/s1.